The lowest BCUT2D eigenvalue weighted by Gasteiger charge is -2.28. The Morgan fingerprint density at radius 1 is 1.25 bits per heavy atom. The van der Waals surface area contributed by atoms with Gasteiger partial charge in [-0.15, -0.1) is 0 Å². The maximum absolute atomic E-state index is 12.6. The molecule has 0 atom stereocenters. The van der Waals surface area contributed by atoms with Crippen LogP contribution in [0.3, 0.4) is 0 Å². The zero-order valence-electron chi connectivity index (χ0n) is 11.2. The van der Waals surface area contributed by atoms with Crippen molar-refractivity contribution in [2.45, 2.75) is 13.3 Å². The van der Waals surface area contributed by atoms with Gasteiger partial charge in [0.2, 0.25) is 0 Å². The molecule has 100 valence electrons. The van der Waals surface area contributed by atoms with Gasteiger partial charge in [0.05, 0.1) is 5.69 Å². The number of para-hydroxylation sites is 1. The number of benzene rings is 1. The maximum Gasteiger partial charge on any atom is 0.258 e. The summed E-state index contributed by atoms with van der Waals surface area (Å²) in [6.07, 6.45) is 2.00. The van der Waals surface area contributed by atoms with Crippen LogP contribution >= 0.6 is 0 Å². The van der Waals surface area contributed by atoms with Gasteiger partial charge in [0.15, 0.2) is 5.78 Å². The molecule has 0 N–H and O–H groups in total. The lowest BCUT2D eigenvalue weighted by molar-refractivity contribution is 0.0955. The number of carbonyl (C=O) groups is 2. The van der Waals surface area contributed by atoms with E-state index >= 15 is 0 Å². The van der Waals surface area contributed by atoms with Crippen LogP contribution in [0, 0.1) is 6.92 Å². The quantitative estimate of drug-likeness (QED) is 0.797. The van der Waals surface area contributed by atoms with Crippen molar-refractivity contribution in [2.24, 2.45) is 0 Å². The van der Waals surface area contributed by atoms with Crippen molar-refractivity contribution < 1.29 is 9.59 Å². The number of hydrogen-bond acceptors (Lipinski definition) is 3. The fraction of sp³-hybridized carbons (Fsp3) is 0.188. The molecule has 0 saturated carbocycles. The standard InChI is InChI=1S/C16H14N2O2/c1-11-10-12(6-8-17-11)16(20)18-9-7-15(19)13-4-2-3-5-14(13)18/h2-6,8,10H,7,9H2,1H3. The third kappa shape index (κ3) is 2.09. The summed E-state index contributed by atoms with van der Waals surface area (Å²) in [5.41, 5.74) is 2.72. The molecule has 0 unspecified atom stereocenters. The van der Waals surface area contributed by atoms with Crippen molar-refractivity contribution in [1.29, 1.82) is 0 Å². The second-order valence-corrected chi connectivity index (χ2v) is 4.83. The van der Waals surface area contributed by atoms with Crippen LogP contribution in [-0.4, -0.2) is 23.2 Å². The number of pyridine rings is 1. The van der Waals surface area contributed by atoms with E-state index in [9.17, 15) is 9.59 Å². The lowest BCUT2D eigenvalue weighted by Crippen LogP contribution is -2.37. The average Bonchev–Trinajstić information content (AvgIpc) is 2.47. The molecule has 0 spiro atoms. The highest BCUT2D eigenvalue weighted by atomic mass is 16.2. The molecule has 0 fully saturated rings. The molecule has 0 radical (unpaired) electrons. The predicted octanol–water partition coefficient (Wildman–Crippen LogP) is 2.62. The third-order valence-corrected chi connectivity index (χ3v) is 3.45. The number of carbonyl (C=O) groups excluding carboxylic acids is 2. The minimum absolute atomic E-state index is 0.0875. The summed E-state index contributed by atoms with van der Waals surface area (Å²) in [5, 5.41) is 0. The summed E-state index contributed by atoms with van der Waals surface area (Å²) in [6, 6.07) is 10.7. The van der Waals surface area contributed by atoms with Gasteiger partial charge in [0, 0.05) is 36.0 Å². The van der Waals surface area contributed by atoms with E-state index in [0.717, 1.165) is 5.69 Å². The van der Waals surface area contributed by atoms with Crippen molar-refractivity contribution >= 4 is 17.4 Å². The molecule has 3 rings (SSSR count). The molecule has 0 saturated heterocycles. The minimum Gasteiger partial charge on any atom is -0.307 e. The monoisotopic (exact) mass is 266 g/mol. The summed E-state index contributed by atoms with van der Waals surface area (Å²) in [4.78, 5) is 30.3. The van der Waals surface area contributed by atoms with Gasteiger partial charge in [-0.25, -0.2) is 0 Å². The van der Waals surface area contributed by atoms with E-state index in [4.69, 9.17) is 0 Å². The first-order chi connectivity index (χ1) is 9.66. The van der Waals surface area contributed by atoms with Crippen molar-refractivity contribution in [3.63, 3.8) is 0 Å². The van der Waals surface area contributed by atoms with E-state index in [0.29, 0.717) is 29.8 Å². The van der Waals surface area contributed by atoms with Gasteiger partial charge in [-0.2, -0.15) is 0 Å². The first kappa shape index (κ1) is 12.5. The van der Waals surface area contributed by atoms with Crippen LogP contribution < -0.4 is 4.90 Å². The van der Waals surface area contributed by atoms with Gasteiger partial charge in [0.1, 0.15) is 0 Å². The second kappa shape index (κ2) is 4.89. The number of hydrogen-bond donors (Lipinski definition) is 0. The Morgan fingerprint density at radius 3 is 2.85 bits per heavy atom. The molecule has 1 aliphatic rings. The average molecular weight is 266 g/mol. The summed E-state index contributed by atoms with van der Waals surface area (Å²) in [6.45, 7) is 2.28. The number of rotatable bonds is 1. The fourth-order valence-corrected chi connectivity index (χ4v) is 2.46. The number of Topliss-reactive ketones (excluding diaryl/α,β-unsaturated/α-hetero) is 1. The number of amides is 1. The van der Waals surface area contributed by atoms with Gasteiger partial charge in [0.25, 0.3) is 5.91 Å². The number of nitrogens with zero attached hydrogens (tertiary/aromatic N) is 2. The Labute approximate surface area is 117 Å². The predicted molar refractivity (Wildman–Crippen MR) is 76.0 cm³/mol. The van der Waals surface area contributed by atoms with E-state index in [-0.39, 0.29) is 11.7 Å². The minimum atomic E-state index is -0.0875. The molecule has 0 aliphatic carbocycles. The second-order valence-electron chi connectivity index (χ2n) is 4.83. The van der Waals surface area contributed by atoms with Crippen molar-refractivity contribution in [3.05, 3.63) is 59.4 Å². The highest BCUT2D eigenvalue weighted by molar-refractivity contribution is 6.13. The Balaban J connectivity index is 2.01. The molecule has 1 amide bonds. The van der Waals surface area contributed by atoms with Gasteiger partial charge in [-0.3, -0.25) is 14.6 Å². The fourth-order valence-electron chi connectivity index (χ4n) is 2.46. The smallest absolute Gasteiger partial charge is 0.258 e. The Hall–Kier alpha value is -2.49. The summed E-state index contributed by atoms with van der Waals surface area (Å²) in [7, 11) is 0. The molecule has 4 nitrogen and oxygen atoms in total. The van der Waals surface area contributed by atoms with Crippen LogP contribution in [-0.2, 0) is 0 Å². The van der Waals surface area contributed by atoms with Gasteiger partial charge in [-0.1, -0.05) is 12.1 Å². The highest BCUT2D eigenvalue weighted by Crippen LogP contribution is 2.28. The molecular formula is C16H14N2O2. The van der Waals surface area contributed by atoms with Crippen molar-refractivity contribution in [3.8, 4) is 0 Å². The van der Waals surface area contributed by atoms with Crippen molar-refractivity contribution in [1.82, 2.24) is 4.98 Å². The van der Waals surface area contributed by atoms with Crippen molar-refractivity contribution in [2.75, 3.05) is 11.4 Å². The number of ketones is 1. The number of aryl methyl sites for hydroxylation is 1. The zero-order valence-corrected chi connectivity index (χ0v) is 11.2. The van der Waals surface area contributed by atoms with Gasteiger partial charge in [-0.05, 0) is 31.2 Å². The molecular weight excluding hydrogens is 252 g/mol. The molecule has 1 aliphatic heterocycles. The van der Waals surface area contributed by atoms with E-state index in [2.05, 4.69) is 4.98 Å². The Morgan fingerprint density at radius 2 is 2.05 bits per heavy atom. The largest absolute Gasteiger partial charge is 0.307 e. The first-order valence-electron chi connectivity index (χ1n) is 6.53. The molecule has 2 heterocycles. The number of aromatic nitrogens is 1. The normalized spacial score (nSPS) is 14.1. The third-order valence-electron chi connectivity index (χ3n) is 3.45. The topological polar surface area (TPSA) is 50.3 Å². The molecule has 20 heavy (non-hydrogen) atoms. The molecule has 1 aromatic heterocycles. The molecule has 0 bridgehead atoms. The van der Waals surface area contributed by atoms with Crippen LogP contribution in [0.5, 0.6) is 0 Å². The molecule has 1 aromatic carbocycles. The molecule has 2 aromatic rings. The molecule has 4 heteroatoms. The first-order valence-corrected chi connectivity index (χ1v) is 6.53. The SMILES string of the molecule is Cc1cc(C(=O)N2CCC(=O)c3ccccc32)ccn1. The van der Waals surface area contributed by atoms with E-state index < -0.39 is 0 Å². The van der Waals surface area contributed by atoms with Crippen LogP contribution in [0.4, 0.5) is 5.69 Å². The highest BCUT2D eigenvalue weighted by Gasteiger charge is 2.27. The van der Waals surface area contributed by atoms with Crippen LogP contribution in [0.1, 0.15) is 32.8 Å². The van der Waals surface area contributed by atoms with E-state index in [1.165, 1.54) is 0 Å². The van der Waals surface area contributed by atoms with E-state index in [1.54, 1.807) is 29.3 Å². The van der Waals surface area contributed by atoms with Gasteiger partial charge >= 0.3 is 0 Å². The van der Waals surface area contributed by atoms with Crippen LogP contribution in [0.15, 0.2) is 42.6 Å². The van der Waals surface area contributed by atoms with Crippen LogP contribution in [0.25, 0.3) is 0 Å². The zero-order chi connectivity index (χ0) is 14.1. The summed E-state index contributed by atoms with van der Waals surface area (Å²) in [5.74, 6) is 0.00556. The summed E-state index contributed by atoms with van der Waals surface area (Å²) >= 11 is 0. The number of fused-ring (bicyclic) bond motifs is 1. The Kier molecular flexibility index (Phi) is 3.06. The maximum atomic E-state index is 12.6. The van der Waals surface area contributed by atoms with Gasteiger partial charge < -0.3 is 4.90 Å². The van der Waals surface area contributed by atoms with Crippen LogP contribution in [0.2, 0.25) is 0 Å². The Bertz CT molecular complexity index is 694. The number of anilines is 1. The van der Waals surface area contributed by atoms with E-state index in [1.807, 2.05) is 25.1 Å². The lowest BCUT2D eigenvalue weighted by atomic mass is 9.99. The summed E-state index contributed by atoms with van der Waals surface area (Å²) < 4.78 is 0.